The molecule has 2 rings (SSSR count). The van der Waals surface area contributed by atoms with E-state index in [4.69, 9.17) is 0 Å². The van der Waals surface area contributed by atoms with Gasteiger partial charge in [-0.2, -0.15) is 0 Å². The molecule has 0 aliphatic carbocycles. The number of nitrogens with zero attached hydrogens (tertiary/aromatic N) is 2. The maximum absolute atomic E-state index is 11.9. The van der Waals surface area contributed by atoms with Crippen molar-refractivity contribution in [3.05, 3.63) is 0 Å². The number of carbonyl (C=O) groups is 2. The first kappa shape index (κ1) is 13.4. The Morgan fingerprint density at radius 3 is 2.78 bits per heavy atom. The first-order valence-electron chi connectivity index (χ1n) is 6.27. The van der Waals surface area contributed by atoms with Crippen LogP contribution in [-0.2, 0) is 9.59 Å². The van der Waals surface area contributed by atoms with Crippen molar-refractivity contribution < 1.29 is 9.59 Å². The summed E-state index contributed by atoms with van der Waals surface area (Å²) in [5, 5.41) is 4.51. The number of amidine groups is 1. The van der Waals surface area contributed by atoms with Gasteiger partial charge in [-0.1, -0.05) is 25.6 Å². The molecule has 0 bridgehead atoms. The van der Waals surface area contributed by atoms with Crippen molar-refractivity contribution >= 4 is 28.7 Å². The van der Waals surface area contributed by atoms with Crippen LogP contribution in [-0.4, -0.2) is 46.8 Å². The fourth-order valence-corrected chi connectivity index (χ4v) is 3.08. The zero-order valence-electron chi connectivity index (χ0n) is 11.0. The van der Waals surface area contributed by atoms with E-state index in [1.807, 2.05) is 0 Å². The number of amides is 2. The molecule has 2 aliphatic rings. The number of likely N-dealkylation sites (tertiary alicyclic amines) is 1. The molecular formula is C12H19N3O2S. The van der Waals surface area contributed by atoms with Crippen LogP contribution >= 0.6 is 11.8 Å². The molecule has 0 radical (unpaired) electrons. The Morgan fingerprint density at radius 1 is 1.44 bits per heavy atom. The Morgan fingerprint density at radius 2 is 2.17 bits per heavy atom. The maximum atomic E-state index is 11.9. The van der Waals surface area contributed by atoms with Gasteiger partial charge in [0.1, 0.15) is 6.04 Å². The van der Waals surface area contributed by atoms with Crippen molar-refractivity contribution in [2.45, 2.75) is 38.0 Å². The van der Waals surface area contributed by atoms with E-state index in [2.05, 4.69) is 24.2 Å². The zero-order valence-corrected chi connectivity index (χ0v) is 11.8. The van der Waals surface area contributed by atoms with Gasteiger partial charge in [-0.15, -0.1) is 0 Å². The summed E-state index contributed by atoms with van der Waals surface area (Å²) in [4.78, 5) is 28.9. The van der Waals surface area contributed by atoms with E-state index in [9.17, 15) is 9.59 Å². The molecule has 18 heavy (non-hydrogen) atoms. The largest absolute Gasteiger partial charge is 0.353 e. The molecule has 0 aromatic rings. The number of nitrogens with one attached hydrogen (secondary N) is 1. The predicted octanol–water partition coefficient (Wildman–Crippen LogP) is 0.851. The minimum Gasteiger partial charge on any atom is -0.353 e. The molecule has 100 valence electrons. The zero-order chi connectivity index (χ0) is 13.3. The molecule has 2 amide bonds. The van der Waals surface area contributed by atoms with Gasteiger partial charge in [-0.3, -0.25) is 19.5 Å². The standard InChI is InChI=1S/C12H19N3O2S/c1-7(2)9-6-13-12(18-9)14-8-4-5-10(16)15(3)11(8)17/h7-9H,4-6H2,1-3H3,(H,13,14). The minimum atomic E-state index is -0.301. The number of rotatable bonds is 2. The number of likely N-dealkylation sites (N-methyl/N-ethyl adjacent to an activating group) is 1. The number of hydrogen-bond acceptors (Lipinski definition) is 5. The number of carbonyl (C=O) groups excluding carboxylic acids is 2. The van der Waals surface area contributed by atoms with Crippen molar-refractivity contribution in [1.29, 1.82) is 0 Å². The molecule has 0 saturated carbocycles. The SMILES string of the molecule is CC(C)C1CN=C(NC2CCC(=O)N(C)C2=O)S1. The summed E-state index contributed by atoms with van der Waals surface area (Å²) in [6.45, 7) is 5.16. The van der Waals surface area contributed by atoms with Gasteiger partial charge in [0, 0.05) is 18.7 Å². The fraction of sp³-hybridized carbons (Fsp3) is 0.750. The average molecular weight is 269 g/mol. The fourth-order valence-electron chi connectivity index (χ4n) is 2.02. The Labute approximate surface area is 111 Å². The number of piperidine rings is 1. The van der Waals surface area contributed by atoms with Crippen molar-refractivity contribution in [3.63, 3.8) is 0 Å². The van der Waals surface area contributed by atoms with E-state index in [0.29, 0.717) is 24.0 Å². The van der Waals surface area contributed by atoms with Gasteiger partial charge in [0.05, 0.1) is 6.54 Å². The molecule has 5 nitrogen and oxygen atoms in total. The van der Waals surface area contributed by atoms with E-state index in [-0.39, 0.29) is 17.9 Å². The number of thioether (sulfide) groups is 1. The van der Waals surface area contributed by atoms with Crippen molar-refractivity contribution in [2.24, 2.45) is 10.9 Å². The maximum Gasteiger partial charge on any atom is 0.251 e. The molecule has 0 aromatic carbocycles. The molecule has 1 fully saturated rings. The quantitative estimate of drug-likeness (QED) is 0.755. The molecule has 2 atom stereocenters. The van der Waals surface area contributed by atoms with Crippen LogP contribution in [0.3, 0.4) is 0 Å². The lowest BCUT2D eigenvalue weighted by Crippen LogP contribution is -2.52. The summed E-state index contributed by atoms with van der Waals surface area (Å²) in [5.74, 6) is 0.325. The lowest BCUT2D eigenvalue weighted by molar-refractivity contribution is -0.147. The van der Waals surface area contributed by atoms with Gasteiger partial charge in [-0.05, 0) is 12.3 Å². The Kier molecular flexibility index (Phi) is 3.94. The van der Waals surface area contributed by atoms with Gasteiger partial charge in [0.25, 0.3) is 5.91 Å². The third kappa shape index (κ3) is 2.68. The van der Waals surface area contributed by atoms with E-state index >= 15 is 0 Å². The summed E-state index contributed by atoms with van der Waals surface area (Å²) in [7, 11) is 1.54. The summed E-state index contributed by atoms with van der Waals surface area (Å²) in [5.41, 5.74) is 0. The Hall–Kier alpha value is -1.04. The van der Waals surface area contributed by atoms with Crippen molar-refractivity contribution in [3.8, 4) is 0 Å². The van der Waals surface area contributed by atoms with Crippen LogP contribution in [0.1, 0.15) is 26.7 Å². The first-order chi connectivity index (χ1) is 8.49. The van der Waals surface area contributed by atoms with Crippen LogP contribution in [0, 0.1) is 5.92 Å². The normalized spacial score (nSPS) is 28.9. The molecule has 2 heterocycles. The van der Waals surface area contributed by atoms with E-state index < -0.39 is 0 Å². The molecule has 0 aromatic heterocycles. The molecule has 1 N–H and O–H groups in total. The van der Waals surface area contributed by atoms with Crippen molar-refractivity contribution in [1.82, 2.24) is 10.2 Å². The highest BCUT2D eigenvalue weighted by Crippen LogP contribution is 2.26. The monoisotopic (exact) mass is 269 g/mol. The number of aliphatic imine (C=N–C) groups is 1. The molecule has 0 spiro atoms. The average Bonchev–Trinajstić information content (AvgIpc) is 2.79. The van der Waals surface area contributed by atoms with Crippen LogP contribution < -0.4 is 5.32 Å². The predicted molar refractivity (Wildman–Crippen MR) is 72.5 cm³/mol. The van der Waals surface area contributed by atoms with Crippen LogP contribution in [0.25, 0.3) is 0 Å². The van der Waals surface area contributed by atoms with E-state index in [1.165, 1.54) is 4.90 Å². The van der Waals surface area contributed by atoms with Gasteiger partial charge in [0.15, 0.2) is 5.17 Å². The van der Waals surface area contributed by atoms with Gasteiger partial charge < -0.3 is 5.32 Å². The van der Waals surface area contributed by atoms with Gasteiger partial charge in [0.2, 0.25) is 5.91 Å². The molecule has 6 heteroatoms. The minimum absolute atomic E-state index is 0.0980. The topological polar surface area (TPSA) is 61.8 Å². The number of imide groups is 1. The second-order valence-electron chi connectivity index (χ2n) is 5.07. The van der Waals surface area contributed by atoms with Crippen LogP contribution in [0.4, 0.5) is 0 Å². The third-order valence-electron chi connectivity index (χ3n) is 3.37. The highest BCUT2D eigenvalue weighted by molar-refractivity contribution is 8.14. The lowest BCUT2D eigenvalue weighted by Gasteiger charge is -2.28. The van der Waals surface area contributed by atoms with Gasteiger partial charge in [-0.25, -0.2) is 0 Å². The first-order valence-corrected chi connectivity index (χ1v) is 7.15. The third-order valence-corrected chi connectivity index (χ3v) is 4.84. The molecule has 1 saturated heterocycles. The Balaban J connectivity index is 1.91. The second kappa shape index (κ2) is 5.30. The van der Waals surface area contributed by atoms with Crippen LogP contribution in [0.2, 0.25) is 0 Å². The Bertz CT molecular complexity index is 395. The second-order valence-corrected chi connectivity index (χ2v) is 6.30. The van der Waals surface area contributed by atoms with E-state index in [1.54, 1.807) is 18.8 Å². The number of hydrogen-bond donors (Lipinski definition) is 1. The summed E-state index contributed by atoms with van der Waals surface area (Å²) >= 11 is 1.70. The highest BCUT2D eigenvalue weighted by Gasteiger charge is 2.33. The summed E-state index contributed by atoms with van der Waals surface area (Å²) in [6.07, 6.45) is 0.986. The summed E-state index contributed by atoms with van der Waals surface area (Å²) < 4.78 is 0. The van der Waals surface area contributed by atoms with E-state index in [0.717, 1.165) is 11.7 Å². The lowest BCUT2D eigenvalue weighted by atomic mass is 10.1. The van der Waals surface area contributed by atoms with Crippen molar-refractivity contribution in [2.75, 3.05) is 13.6 Å². The smallest absolute Gasteiger partial charge is 0.251 e. The van der Waals surface area contributed by atoms with Crippen LogP contribution in [0.5, 0.6) is 0 Å². The summed E-state index contributed by atoms with van der Waals surface area (Å²) in [6, 6.07) is -0.301. The molecular weight excluding hydrogens is 250 g/mol. The van der Waals surface area contributed by atoms with Gasteiger partial charge >= 0.3 is 0 Å². The highest BCUT2D eigenvalue weighted by atomic mass is 32.2. The molecule has 2 unspecified atom stereocenters. The molecule has 2 aliphatic heterocycles. The van der Waals surface area contributed by atoms with Crippen LogP contribution in [0.15, 0.2) is 4.99 Å².